The van der Waals surface area contributed by atoms with Gasteiger partial charge in [-0.15, -0.1) is 0 Å². The summed E-state index contributed by atoms with van der Waals surface area (Å²) in [6.07, 6.45) is 40.4. The zero-order chi connectivity index (χ0) is 50.8. The molecule has 0 spiro atoms. The van der Waals surface area contributed by atoms with Crippen LogP contribution in [0, 0.1) is 287 Å². The number of fused-ring (bicyclic) bond motifs is 4. The molecule has 0 aliphatic heterocycles. The molecular weight excluding hydrogens is 1470 g/mol. The van der Waals surface area contributed by atoms with Crippen molar-refractivity contribution < 1.29 is 188 Å². The summed E-state index contributed by atoms with van der Waals surface area (Å²) < 4.78 is 54.4. The second-order valence-electron chi connectivity index (χ2n) is 24.1. The van der Waals surface area contributed by atoms with Gasteiger partial charge in [0.05, 0.1) is 5.56 Å². The quantitative estimate of drug-likeness (QED) is 0.163. The third kappa shape index (κ3) is 19.2. The van der Waals surface area contributed by atoms with Crippen molar-refractivity contribution in [2.75, 3.05) is 0 Å². The van der Waals surface area contributed by atoms with Crippen molar-refractivity contribution in [2.24, 2.45) is 47.3 Å². The summed E-state index contributed by atoms with van der Waals surface area (Å²) in [5.41, 5.74) is 6.30. The molecule has 4 aromatic rings. The normalized spacial score (nSPS) is 29.9. The Morgan fingerprint density at radius 3 is 0.987 bits per heavy atom. The summed E-state index contributed by atoms with van der Waals surface area (Å²) in [6.45, 7) is 3.68. The van der Waals surface area contributed by atoms with Crippen LogP contribution in [-0.2, 0) is 0 Å². The summed E-state index contributed by atoms with van der Waals surface area (Å²) >= 11 is 0. The number of aromatic hydroxyl groups is 1. The maximum atomic E-state index is 13.7. The monoisotopic (exact) mass is 1560 g/mol. The van der Waals surface area contributed by atoms with Crippen molar-refractivity contribution in [1.82, 2.24) is 0 Å². The predicted molar refractivity (Wildman–Crippen MR) is 288 cm³/mol. The Labute approximate surface area is 595 Å². The standard InChI is InChI=1S/C17H19FN.2C17H22F.C16H20FO.4Pr/c18-17-10-15(7-8-16(17)11-19)14-6-5-12-3-1-2-4-13(12)9-14;2*1-12-6-7-16(11-17(12)18)15-9-8-13-4-2-3-5-14(13)10-15;17-15-10-14(7-8-16(15)18)13-6-5-11-3-1-2-4-12(11)9-13;;;;/h1,7-8,10,12-14H,2-6,9H2;2*2,6-7,11,13-15H,3-5,8-10H2,1H3;1,7-8,10-13,18H,2-6,9H2;;;;/q4*-1;;;;. The summed E-state index contributed by atoms with van der Waals surface area (Å²) in [5.74, 6) is 8.02. The molecule has 4 radical (unpaired) electrons. The third-order valence-electron chi connectivity index (χ3n) is 19.8. The van der Waals surface area contributed by atoms with E-state index in [1.54, 1.807) is 24.3 Å². The molecule has 8 saturated carbocycles. The average molecular weight is 1560 g/mol. The Morgan fingerprint density at radius 2 is 0.688 bits per heavy atom. The average Bonchev–Trinajstić information content (AvgIpc) is 3.43. The molecule has 12 atom stereocenters. The summed E-state index contributed by atoms with van der Waals surface area (Å²) in [7, 11) is 0. The topological polar surface area (TPSA) is 44.0 Å². The van der Waals surface area contributed by atoms with Crippen molar-refractivity contribution in [3.05, 3.63) is 161 Å². The van der Waals surface area contributed by atoms with E-state index in [2.05, 4.69) is 37.8 Å². The largest absolute Gasteiger partial charge is 0.505 e. The van der Waals surface area contributed by atoms with Crippen molar-refractivity contribution in [2.45, 2.75) is 192 Å². The fourth-order valence-corrected chi connectivity index (χ4v) is 15.2. The van der Waals surface area contributed by atoms with Gasteiger partial charge in [-0.2, -0.15) is 56.6 Å². The van der Waals surface area contributed by atoms with Gasteiger partial charge in [0.1, 0.15) is 23.5 Å². The molecule has 0 amide bonds. The molecule has 2 nitrogen and oxygen atoms in total. The number of halogens is 4. The fraction of sp³-hybridized carbons (Fsp3) is 0.567. The van der Waals surface area contributed by atoms with E-state index >= 15 is 0 Å². The van der Waals surface area contributed by atoms with E-state index in [9.17, 15) is 22.7 Å². The molecule has 0 saturated heterocycles. The maximum Gasteiger partial charge on any atom is 0.165 e. The van der Waals surface area contributed by atoms with Gasteiger partial charge < -0.3 is 30.8 Å². The van der Waals surface area contributed by atoms with Crippen molar-refractivity contribution in [1.29, 1.82) is 5.26 Å². The van der Waals surface area contributed by atoms with Crippen molar-refractivity contribution in [3.63, 3.8) is 0 Å². The second kappa shape index (κ2) is 34.5. The molecule has 1 N–H and O–H groups in total. The van der Waals surface area contributed by atoms with E-state index in [1.165, 1.54) is 177 Å². The van der Waals surface area contributed by atoms with Crippen LogP contribution in [-0.4, -0.2) is 5.11 Å². The zero-order valence-corrected chi connectivity index (χ0v) is 61.2. The van der Waals surface area contributed by atoms with E-state index < -0.39 is 5.82 Å². The number of hydrogen-bond acceptors (Lipinski definition) is 2. The first kappa shape index (κ1) is 69.1. The first-order valence-corrected chi connectivity index (χ1v) is 29.0. The number of benzene rings is 4. The van der Waals surface area contributed by atoms with Crippen LogP contribution in [0.15, 0.2) is 72.8 Å². The van der Waals surface area contributed by atoms with Gasteiger partial charge in [0.15, 0.2) is 11.6 Å². The van der Waals surface area contributed by atoms with Crippen LogP contribution in [0.3, 0.4) is 0 Å². The molecule has 0 bridgehead atoms. The first-order chi connectivity index (χ1) is 35.5. The summed E-state index contributed by atoms with van der Waals surface area (Å²) in [4.78, 5) is 0. The Balaban J connectivity index is 0.000000186. The molecule has 0 heterocycles. The van der Waals surface area contributed by atoms with E-state index in [4.69, 9.17) is 5.26 Å². The van der Waals surface area contributed by atoms with Crippen LogP contribution in [0.1, 0.15) is 217 Å². The van der Waals surface area contributed by atoms with Crippen LogP contribution in [0.4, 0.5) is 17.6 Å². The van der Waals surface area contributed by atoms with E-state index in [1.807, 2.05) is 44.2 Å². The number of hydrogen-bond donors (Lipinski definition) is 1. The second-order valence-corrected chi connectivity index (χ2v) is 24.1. The molecule has 10 heteroatoms. The Kier molecular flexibility index (Phi) is 31.0. The predicted octanol–water partition coefficient (Wildman–Crippen LogP) is 19.0. The molecule has 8 fully saturated rings. The Morgan fingerprint density at radius 1 is 0.390 bits per heavy atom. The molecule has 0 aromatic heterocycles. The van der Waals surface area contributed by atoms with Crippen LogP contribution in [0.2, 0.25) is 0 Å². The van der Waals surface area contributed by atoms with Gasteiger partial charge in [-0.3, -0.25) is 0 Å². The van der Waals surface area contributed by atoms with E-state index in [0.717, 1.165) is 69.6 Å². The smallest absolute Gasteiger partial charge is 0.165 e. The number of aryl methyl sites for hydroxylation is 2. The molecule has 4 aromatic carbocycles. The molecule has 8 aliphatic rings. The van der Waals surface area contributed by atoms with Gasteiger partial charge in [0.2, 0.25) is 0 Å². The minimum absolute atomic E-state index is 0. The van der Waals surface area contributed by atoms with Gasteiger partial charge in [-0.05, 0) is 182 Å². The van der Waals surface area contributed by atoms with Crippen LogP contribution in [0.25, 0.3) is 0 Å². The van der Waals surface area contributed by atoms with Crippen LogP contribution in [0.5, 0.6) is 5.75 Å². The molecule has 8 aliphatic carbocycles. The SMILES string of the molecule is Cc1ccc(C2CCC3C[CH-]CCC3C2)cc1F.Cc1ccc(C2CCC3C[CH-]CCC3C2)cc1F.N#Cc1ccc(C2CCC3C[CH-]CCC3C2)cc1F.Oc1ccc(C2CCC3C[CH-]CCC3C2)cc1F.[Pr].[Pr].[Pr].[Pr]. The summed E-state index contributed by atoms with van der Waals surface area (Å²) in [5, 5.41) is 18.0. The zero-order valence-electron chi connectivity index (χ0n) is 46.4. The Bertz CT molecular complexity index is 2290. The van der Waals surface area contributed by atoms with Gasteiger partial charge in [0.25, 0.3) is 0 Å². The van der Waals surface area contributed by atoms with Crippen LogP contribution < -0.4 is 0 Å². The maximum absolute atomic E-state index is 13.7. The number of nitriles is 1. The van der Waals surface area contributed by atoms with Crippen LogP contribution >= 0.6 is 0 Å². The number of rotatable bonds is 4. The van der Waals surface area contributed by atoms with Gasteiger partial charge in [-0.1, -0.05) is 111 Å². The first-order valence-electron chi connectivity index (χ1n) is 29.0. The third-order valence-corrected chi connectivity index (χ3v) is 19.8. The minimum atomic E-state index is -0.480. The minimum Gasteiger partial charge on any atom is -0.505 e. The molecule has 406 valence electrons. The molecule has 77 heavy (non-hydrogen) atoms. The summed E-state index contributed by atoms with van der Waals surface area (Å²) in [6, 6.07) is 23.6. The van der Waals surface area contributed by atoms with E-state index in [-0.39, 0.29) is 194 Å². The fourth-order valence-electron chi connectivity index (χ4n) is 15.2. The van der Waals surface area contributed by atoms with Gasteiger partial charge in [-0.25, -0.2) is 17.6 Å². The molecule has 12 unspecified atom stereocenters. The number of phenolic OH excluding ortho intramolecular Hbond substituents is 1. The number of phenols is 1. The molecule has 12 rings (SSSR count). The van der Waals surface area contributed by atoms with Gasteiger partial charge in [0, 0.05) is 165 Å². The number of nitrogens with zero attached hydrogens (tertiary/aromatic N) is 1. The Hall–Kier alpha value is 1.34. The molecular formula is C67H83F4NOPr4-4. The van der Waals surface area contributed by atoms with Crippen molar-refractivity contribution in [3.8, 4) is 11.8 Å². The van der Waals surface area contributed by atoms with E-state index in [0.29, 0.717) is 23.7 Å². The van der Waals surface area contributed by atoms with Crippen molar-refractivity contribution >= 4 is 0 Å². The van der Waals surface area contributed by atoms with Gasteiger partial charge >= 0.3 is 0 Å².